The van der Waals surface area contributed by atoms with Crippen LogP contribution in [0.5, 0.6) is 5.75 Å². The number of hydrogen-bond acceptors (Lipinski definition) is 3. The maximum Gasteiger partial charge on any atom is 0.573 e. The van der Waals surface area contributed by atoms with Crippen molar-refractivity contribution in [2.45, 2.75) is 31.8 Å². The van der Waals surface area contributed by atoms with Gasteiger partial charge < -0.3 is 14.8 Å². The predicted octanol–water partition coefficient (Wildman–Crippen LogP) is 3.51. The van der Waals surface area contributed by atoms with Gasteiger partial charge in [0.05, 0.1) is 0 Å². The van der Waals surface area contributed by atoms with E-state index in [1.54, 1.807) is 6.07 Å². The van der Waals surface area contributed by atoms with E-state index in [-0.39, 0.29) is 10.8 Å². The van der Waals surface area contributed by atoms with Gasteiger partial charge in [-0.05, 0) is 36.6 Å². The molecule has 0 unspecified atom stereocenters. The first-order valence-corrected chi connectivity index (χ1v) is 6.66. The monoisotopic (exact) mass is 309 g/mol. The van der Waals surface area contributed by atoms with E-state index >= 15 is 0 Å². The summed E-state index contributed by atoms with van der Waals surface area (Å²) >= 11 is 5.81. The summed E-state index contributed by atoms with van der Waals surface area (Å²) in [7, 11) is 0. The number of ether oxygens (including phenoxy) is 2. The SMILES string of the molecule is FC(F)(F)Oc1cc(Cl)cc(CNC2CCOCC2)c1. The second-order valence-corrected chi connectivity index (χ2v) is 5.05. The Kier molecular flexibility index (Phi) is 5.12. The summed E-state index contributed by atoms with van der Waals surface area (Å²) < 4.78 is 45.7. The van der Waals surface area contributed by atoms with E-state index < -0.39 is 6.36 Å². The number of alkyl halides is 3. The highest BCUT2D eigenvalue weighted by Crippen LogP contribution is 2.27. The molecule has 0 saturated carbocycles. The molecule has 1 aromatic rings. The van der Waals surface area contributed by atoms with Crippen LogP contribution < -0.4 is 10.1 Å². The van der Waals surface area contributed by atoms with Crippen molar-refractivity contribution < 1.29 is 22.6 Å². The highest BCUT2D eigenvalue weighted by atomic mass is 35.5. The molecule has 0 aromatic heterocycles. The zero-order chi connectivity index (χ0) is 14.6. The van der Waals surface area contributed by atoms with Crippen LogP contribution in [0.3, 0.4) is 0 Å². The highest BCUT2D eigenvalue weighted by Gasteiger charge is 2.31. The van der Waals surface area contributed by atoms with Crippen molar-refractivity contribution in [3.63, 3.8) is 0 Å². The molecule has 0 atom stereocenters. The van der Waals surface area contributed by atoms with Crippen LogP contribution in [-0.2, 0) is 11.3 Å². The fraction of sp³-hybridized carbons (Fsp3) is 0.538. The number of nitrogens with one attached hydrogen (secondary N) is 1. The summed E-state index contributed by atoms with van der Waals surface area (Å²) in [5.74, 6) is -0.297. The normalized spacial score (nSPS) is 17.2. The summed E-state index contributed by atoms with van der Waals surface area (Å²) in [6.45, 7) is 1.85. The molecule has 0 aliphatic carbocycles. The quantitative estimate of drug-likeness (QED) is 0.923. The van der Waals surface area contributed by atoms with Gasteiger partial charge in [0.2, 0.25) is 0 Å². The third-order valence-electron chi connectivity index (χ3n) is 2.98. The summed E-state index contributed by atoms with van der Waals surface area (Å²) in [5.41, 5.74) is 0.656. The van der Waals surface area contributed by atoms with E-state index in [2.05, 4.69) is 10.1 Å². The number of benzene rings is 1. The molecule has 3 nitrogen and oxygen atoms in total. The van der Waals surface area contributed by atoms with E-state index in [9.17, 15) is 13.2 Å². The van der Waals surface area contributed by atoms with Gasteiger partial charge in [0.1, 0.15) is 5.75 Å². The lowest BCUT2D eigenvalue weighted by Crippen LogP contribution is -2.34. The molecular weight excluding hydrogens is 295 g/mol. The maximum absolute atomic E-state index is 12.2. The lowest BCUT2D eigenvalue weighted by Gasteiger charge is -2.23. The Morgan fingerprint density at radius 2 is 1.95 bits per heavy atom. The molecule has 2 rings (SSSR count). The van der Waals surface area contributed by atoms with Crippen LogP contribution >= 0.6 is 11.6 Å². The van der Waals surface area contributed by atoms with Crippen molar-refractivity contribution in [2.75, 3.05) is 13.2 Å². The van der Waals surface area contributed by atoms with E-state index in [4.69, 9.17) is 16.3 Å². The molecule has 112 valence electrons. The molecular formula is C13H15ClF3NO2. The second-order valence-electron chi connectivity index (χ2n) is 4.61. The highest BCUT2D eigenvalue weighted by molar-refractivity contribution is 6.30. The fourth-order valence-corrected chi connectivity index (χ4v) is 2.33. The first-order valence-electron chi connectivity index (χ1n) is 6.29. The minimum absolute atomic E-state index is 0.218. The lowest BCUT2D eigenvalue weighted by molar-refractivity contribution is -0.274. The van der Waals surface area contributed by atoms with Gasteiger partial charge in [0.25, 0.3) is 0 Å². The van der Waals surface area contributed by atoms with Crippen molar-refractivity contribution >= 4 is 11.6 Å². The molecule has 1 aliphatic heterocycles. The van der Waals surface area contributed by atoms with Crippen molar-refractivity contribution in [1.29, 1.82) is 0 Å². The maximum atomic E-state index is 12.2. The second kappa shape index (κ2) is 6.65. The van der Waals surface area contributed by atoms with Gasteiger partial charge in [-0.25, -0.2) is 0 Å². The van der Waals surface area contributed by atoms with Crippen molar-refractivity contribution in [2.24, 2.45) is 0 Å². The number of rotatable bonds is 4. The van der Waals surface area contributed by atoms with Crippen LogP contribution in [0.15, 0.2) is 18.2 Å². The predicted molar refractivity (Wildman–Crippen MR) is 68.8 cm³/mol. The van der Waals surface area contributed by atoms with Crippen LogP contribution in [-0.4, -0.2) is 25.6 Å². The number of halogens is 4. The van der Waals surface area contributed by atoms with Crippen LogP contribution in [0.25, 0.3) is 0 Å². The van der Waals surface area contributed by atoms with Crippen molar-refractivity contribution in [3.05, 3.63) is 28.8 Å². The molecule has 0 amide bonds. The molecule has 1 fully saturated rings. The van der Waals surface area contributed by atoms with Gasteiger partial charge in [0.15, 0.2) is 0 Å². The summed E-state index contributed by atoms with van der Waals surface area (Å²) in [6.07, 6.45) is -2.92. The number of hydrogen-bond donors (Lipinski definition) is 1. The molecule has 7 heteroatoms. The van der Waals surface area contributed by atoms with Gasteiger partial charge in [-0.15, -0.1) is 13.2 Å². The van der Waals surface area contributed by atoms with Crippen LogP contribution in [0.2, 0.25) is 5.02 Å². The average molecular weight is 310 g/mol. The minimum atomic E-state index is -4.71. The standard InChI is InChI=1S/C13H15ClF3NO2/c14-10-5-9(6-12(7-10)20-13(15,16)17)8-18-11-1-3-19-4-2-11/h5-7,11,18H,1-4,8H2. The lowest BCUT2D eigenvalue weighted by atomic mass is 10.1. The van der Waals surface area contributed by atoms with Gasteiger partial charge >= 0.3 is 6.36 Å². The summed E-state index contributed by atoms with van der Waals surface area (Å²) in [5, 5.41) is 3.50. The Bertz CT molecular complexity index is 448. The molecule has 1 heterocycles. The summed E-state index contributed by atoms with van der Waals surface area (Å²) in [6, 6.07) is 4.42. The van der Waals surface area contributed by atoms with Crippen LogP contribution in [0.4, 0.5) is 13.2 Å². The van der Waals surface area contributed by atoms with Gasteiger partial charge in [0, 0.05) is 30.8 Å². The zero-order valence-electron chi connectivity index (χ0n) is 10.7. The first-order chi connectivity index (χ1) is 9.42. The Balaban J connectivity index is 1.96. The first kappa shape index (κ1) is 15.4. The smallest absolute Gasteiger partial charge is 0.406 e. The average Bonchev–Trinajstić information content (AvgIpc) is 2.35. The largest absolute Gasteiger partial charge is 0.573 e. The van der Waals surface area contributed by atoms with E-state index in [0.717, 1.165) is 18.9 Å². The van der Waals surface area contributed by atoms with Gasteiger partial charge in [-0.1, -0.05) is 11.6 Å². The van der Waals surface area contributed by atoms with E-state index in [0.29, 0.717) is 31.4 Å². The third-order valence-corrected chi connectivity index (χ3v) is 3.20. The Hall–Kier alpha value is -0.980. The van der Waals surface area contributed by atoms with Gasteiger partial charge in [-0.3, -0.25) is 0 Å². The molecule has 20 heavy (non-hydrogen) atoms. The van der Waals surface area contributed by atoms with E-state index in [1.165, 1.54) is 6.07 Å². The molecule has 1 aliphatic rings. The van der Waals surface area contributed by atoms with Gasteiger partial charge in [-0.2, -0.15) is 0 Å². The topological polar surface area (TPSA) is 30.5 Å². The molecule has 0 radical (unpaired) electrons. The molecule has 1 saturated heterocycles. The zero-order valence-corrected chi connectivity index (χ0v) is 11.4. The Morgan fingerprint density at radius 3 is 2.60 bits per heavy atom. The Morgan fingerprint density at radius 1 is 1.25 bits per heavy atom. The molecule has 1 N–H and O–H groups in total. The third kappa shape index (κ3) is 5.19. The van der Waals surface area contributed by atoms with Crippen LogP contribution in [0.1, 0.15) is 18.4 Å². The molecule has 0 bridgehead atoms. The van der Waals surface area contributed by atoms with Crippen LogP contribution in [0, 0.1) is 0 Å². The fourth-order valence-electron chi connectivity index (χ4n) is 2.08. The molecule has 1 aromatic carbocycles. The van der Waals surface area contributed by atoms with E-state index in [1.807, 2.05) is 0 Å². The summed E-state index contributed by atoms with van der Waals surface area (Å²) in [4.78, 5) is 0. The minimum Gasteiger partial charge on any atom is -0.406 e. The Labute approximate surface area is 120 Å². The molecule has 0 spiro atoms. The van der Waals surface area contributed by atoms with Crippen molar-refractivity contribution in [3.8, 4) is 5.75 Å². The van der Waals surface area contributed by atoms with Crippen molar-refractivity contribution in [1.82, 2.24) is 5.32 Å².